The summed E-state index contributed by atoms with van der Waals surface area (Å²) in [7, 11) is 0. The number of piperidine rings is 1. The van der Waals surface area contributed by atoms with Gasteiger partial charge >= 0.3 is 0 Å². The van der Waals surface area contributed by atoms with E-state index < -0.39 is 0 Å². The monoisotopic (exact) mass is 381 g/mol. The van der Waals surface area contributed by atoms with Crippen LogP contribution in [0.2, 0.25) is 0 Å². The average Bonchev–Trinajstić information content (AvgIpc) is 3.25. The molecule has 0 saturated carbocycles. The third kappa shape index (κ3) is 3.85. The van der Waals surface area contributed by atoms with Gasteiger partial charge in [0.2, 0.25) is 0 Å². The lowest BCUT2D eigenvalue weighted by Gasteiger charge is -2.32. The Bertz CT molecular complexity index is 1010. The molecule has 0 bridgehead atoms. The first kappa shape index (κ1) is 18.1. The first-order valence-corrected chi connectivity index (χ1v) is 9.23. The van der Waals surface area contributed by atoms with Gasteiger partial charge in [-0.1, -0.05) is 0 Å². The fraction of sp³-hybridized carbons (Fsp3) is 0.300. The van der Waals surface area contributed by atoms with E-state index in [1.807, 2.05) is 0 Å². The maximum absolute atomic E-state index is 13.0. The lowest BCUT2D eigenvalue weighted by Crippen LogP contribution is -2.40. The van der Waals surface area contributed by atoms with E-state index in [0.29, 0.717) is 31.0 Å². The van der Waals surface area contributed by atoms with Crippen LogP contribution in [-0.4, -0.2) is 43.5 Å². The molecule has 4 rings (SSSR count). The van der Waals surface area contributed by atoms with E-state index in [1.165, 1.54) is 35.0 Å². The molecular weight excluding hydrogens is 361 g/mol. The zero-order chi connectivity index (χ0) is 19.5. The number of benzene rings is 1. The summed E-state index contributed by atoms with van der Waals surface area (Å²) in [5.74, 6) is 0.406. The number of amides is 1. The quantitative estimate of drug-likeness (QED) is 0.694. The molecule has 28 heavy (non-hydrogen) atoms. The van der Waals surface area contributed by atoms with Gasteiger partial charge in [0.15, 0.2) is 5.82 Å². The minimum Gasteiger partial charge on any atom is -0.339 e. The molecule has 0 unspecified atom stereocenters. The van der Waals surface area contributed by atoms with Crippen LogP contribution in [0.4, 0.5) is 4.39 Å². The summed E-state index contributed by atoms with van der Waals surface area (Å²) in [6.45, 7) is 1.72. The van der Waals surface area contributed by atoms with Crippen LogP contribution in [0.3, 0.4) is 0 Å². The van der Waals surface area contributed by atoms with E-state index in [1.54, 1.807) is 34.1 Å². The number of halogens is 1. The van der Waals surface area contributed by atoms with Gasteiger partial charge in [-0.15, -0.1) is 5.10 Å². The first-order chi connectivity index (χ1) is 13.6. The second-order valence-corrected chi connectivity index (χ2v) is 6.90. The standard InChI is InChI=1S/C20H20FN5O2/c21-17-4-2-16(3-5-17)20(28)24-12-8-15(9-13-24)14-26-19(27)7-6-18(23-26)25-11-1-10-22-25/h1-7,10-11,15H,8-9,12-14H2. The number of aromatic nitrogens is 4. The number of hydrogen-bond donors (Lipinski definition) is 0. The summed E-state index contributed by atoms with van der Waals surface area (Å²) in [5, 5.41) is 8.55. The second-order valence-electron chi connectivity index (χ2n) is 6.90. The van der Waals surface area contributed by atoms with Crippen molar-refractivity contribution in [3.8, 4) is 5.82 Å². The topological polar surface area (TPSA) is 73.0 Å². The number of rotatable bonds is 4. The fourth-order valence-corrected chi connectivity index (χ4v) is 3.43. The minimum atomic E-state index is -0.356. The molecule has 0 aliphatic carbocycles. The highest BCUT2D eigenvalue weighted by molar-refractivity contribution is 5.94. The number of nitrogens with zero attached hydrogens (tertiary/aromatic N) is 5. The molecule has 144 valence electrons. The Hall–Kier alpha value is -3.29. The molecule has 1 fully saturated rings. The van der Waals surface area contributed by atoms with E-state index in [-0.39, 0.29) is 23.2 Å². The molecule has 0 spiro atoms. The Kier molecular flexibility index (Phi) is 5.01. The van der Waals surface area contributed by atoms with E-state index in [2.05, 4.69) is 10.2 Å². The van der Waals surface area contributed by atoms with Crippen molar-refractivity contribution in [2.24, 2.45) is 5.92 Å². The van der Waals surface area contributed by atoms with Crippen LogP contribution in [0, 0.1) is 11.7 Å². The van der Waals surface area contributed by atoms with Crippen molar-refractivity contribution in [1.29, 1.82) is 0 Å². The molecule has 1 aliphatic rings. The lowest BCUT2D eigenvalue weighted by atomic mass is 9.96. The summed E-state index contributed by atoms with van der Waals surface area (Å²) in [4.78, 5) is 26.5. The van der Waals surface area contributed by atoms with Crippen LogP contribution in [-0.2, 0) is 6.54 Å². The molecule has 1 aromatic carbocycles. The van der Waals surface area contributed by atoms with E-state index in [0.717, 1.165) is 12.8 Å². The maximum atomic E-state index is 13.0. The predicted molar refractivity (Wildman–Crippen MR) is 101 cm³/mol. The van der Waals surface area contributed by atoms with E-state index >= 15 is 0 Å². The third-order valence-electron chi connectivity index (χ3n) is 5.02. The van der Waals surface area contributed by atoms with Gasteiger partial charge in [-0.2, -0.15) is 5.10 Å². The Morgan fingerprint density at radius 3 is 2.54 bits per heavy atom. The maximum Gasteiger partial charge on any atom is 0.266 e. The fourth-order valence-electron chi connectivity index (χ4n) is 3.43. The van der Waals surface area contributed by atoms with Crippen LogP contribution in [0.15, 0.2) is 59.7 Å². The van der Waals surface area contributed by atoms with Crippen molar-refractivity contribution in [3.05, 3.63) is 76.6 Å². The molecule has 3 aromatic rings. The van der Waals surface area contributed by atoms with Gasteiger partial charge < -0.3 is 4.90 Å². The number of hydrogen-bond acceptors (Lipinski definition) is 4. The minimum absolute atomic E-state index is 0.0885. The Morgan fingerprint density at radius 2 is 1.86 bits per heavy atom. The average molecular weight is 381 g/mol. The molecule has 3 heterocycles. The molecule has 1 amide bonds. The summed E-state index contributed by atoms with van der Waals surface area (Å²) >= 11 is 0. The van der Waals surface area contributed by atoms with E-state index in [4.69, 9.17) is 0 Å². The van der Waals surface area contributed by atoms with Crippen molar-refractivity contribution < 1.29 is 9.18 Å². The second kappa shape index (κ2) is 7.75. The first-order valence-electron chi connectivity index (χ1n) is 9.23. The van der Waals surface area contributed by atoms with Crippen LogP contribution in [0.5, 0.6) is 0 Å². The molecule has 8 heteroatoms. The van der Waals surface area contributed by atoms with Crippen molar-refractivity contribution >= 4 is 5.91 Å². The number of carbonyl (C=O) groups excluding carboxylic acids is 1. The predicted octanol–water partition coefficient (Wildman–Crippen LogP) is 2.12. The highest BCUT2D eigenvalue weighted by Gasteiger charge is 2.24. The summed E-state index contributed by atoms with van der Waals surface area (Å²) in [6.07, 6.45) is 5.00. The van der Waals surface area contributed by atoms with Gasteiger partial charge in [0.25, 0.3) is 11.5 Å². The highest BCUT2D eigenvalue weighted by atomic mass is 19.1. The molecule has 7 nitrogen and oxygen atoms in total. The largest absolute Gasteiger partial charge is 0.339 e. The third-order valence-corrected chi connectivity index (χ3v) is 5.02. The smallest absolute Gasteiger partial charge is 0.266 e. The van der Waals surface area contributed by atoms with E-state index in [9.17, 15) is 14.0 Å². The molecule has 0 atom stereocenters. The molecule has 0 radical (unpaired) electrons. The Morgan fingerprint density at radius 1 is 1.11 bits per heavy atom. The van der Waals surface area contributed by atoms with Crippen LogP contribution in [0.1, 0.15) is 23.2 Å². The number of likely N-dealkylation sites (tertiary alicyclic amines) is 1. The number of carbonyl (C=O) groups is 1. The summed E-state index contributed by atoms with van der Waals surface area (Å²) in [5.41, 5.74) is 0.338. The van der Waals surface area contributed by atoms with Gasteiger partial charge in [-0.3, -0.25) is 9.59 Å². The lowest BCUT2D eigenvalue weighted by molar-refractivity contribution is 0.0680. The van der Waals surface area contributed by atoms with Crippen molar-refractivity contribution in [3.63, 3.8) is 0 Å². The van der Waals surface area contributed by atoms with Crippen molar-refractivity contribution in [2.45, 2.75) is 19.4 Å². The van der Waals surface area contributed by atoms with Crippen molar-refractivity contribution in [1.82, 2.24) is 24.5 Å². The summed E-state index contributed by atoms with van der Waals surface area (Å²) < 4.78 is 16.1. The molecule has 0 N–H and O–H groups in total. The normalized spacial score (nSPS) is 15.0. The van der Waals surface area contributed by atoms with Crippen LogP contribution in [0.25, 0.3) is 5.82 Å². The van der Waals surface area contributed by atoms with Crippen molar-refractivity contribution in [2.75, 3.05) is 13.1 Å². The van der Waals surface area contributed by atoms with Gasteiger partial charge in [0, 0.05) is 43.7 Å². The zero-order valence-corrected chi connectivity index (χ0v) is 15.2. The van der Waals surface area contributed by atoms with Crippen LogP contribution >= 0.6 is 0 Å². The van der Waals surface area contributed by atoms with Gasteiger partial charge in [-0.05, 0) is 55.2 Å². The van der Waals surface area contributed by atoms with Crippen LogP contribution < -0.4 is 5.56 Å². The molecule has 1 saturated heterocycles. The highest BCUT2D eigenvalue weighted by Crippen LogP contribution is 2.20. The Balaban J connectivity index is 1.39. The van der Waals surface area contributed by atoms with Gasteiger partial charge in [-0.25, -0.2) is 13.8 Å². The molecular formula is C20H20FN5O2. The van der Waals surface area contributed by atoms with Gasteiger partial charge in [0.05, 0.1) is 0 Å². The van der Waals surface area contributed by atoms with Gasteiger partial charge in [0.1, 0.15) is 5.82 Å². The zero-order valence-electron chi connectivity index (χ0n) is 15.2. The molecule has 2 aromatic heterocycles. The summed E-state index contributed by atoms with van der Waals surface area (Å²) in [6, 6.07) is 10.6. The SMILES string of the molecule is O=C(c1ccc(F)cc1)N1CCC(Cn2nc(-n3cccn3)ccc2=O)CC1. The Labute approximate surface area is 161 Å². The molecule has 1 aliphatic heterocycles.